The van der Waals surface area contributed by atoms with Gasteiger partial charge in [-0.2, -0.15) is 0 Å². The molecule has 0 aliphatic heterocycles. The summed E-state index contributed by atoms with van der Waals surface area (Å²) in [6.45, 7) is 0. The number of aromatic nitrogens is 3. The topological polar surface area (TPSA) is 30.7 Å². The SMILES string of the molecule is c1ccc(-c2ccc3c(c2)c2ccccc2n3-c2cccc3c4cc(-c5ccc6ccc7cccnc7c6n5)ccc4c4ccccc4c23)cc1. The van der Waals surface area contributed by atoms with Crippen LogP contribution in [0.15, 0.2) is 176 Å². The van der Waals surface area contributed by atoms with Gasteiger partial charge in [0.1, 0.15) is 0 Å². The van der Waals surface area contributed by atoms with Crippen molar-refractivity contribution < 1.29 is 0 Å². The maximum Gasteiger partial charge on any atom is 0.0972 e. The van der Waals surface area contributed by atoms with Gasteiger partial charge in [0, 0.05) is 38.7 Å². The number of para-hydroxylation sites is 1. The number of fused-ring (bicyclic) bond motifs is 12. The molecular formula is C48H29N3. The number of nitrogens with zero attached hydrogens (tertiary/aromatic N) is 3. The van der Waals surface area contributed by atoms with Gasteiger partial charge in [-0.1, -0.05) is 127 Å². The molecule has 0 bridgehead atoms. The van der Waals surface area contributed by atoms with E-state index < -0.39 is 0 Å². The molecule has 3 aromatic heterocycles. The van der Waals surface area contributed by atoms with Gasteiger partial charge in [0.25, 0.3) is 0 Å². The van der Waals surface area contributed by atoms with E-state index in [0.717, 1.165) is 33.1 Å². The molecule has 11 rings (SSSR count). The predicted octanol–water partition coefficient (Wildman–Crippen LogP) is 12.7. The third kappa shape index (κ3) is 4.19. The van der Waals surface area contributed by atoms with Crippen LogP contribution in [0.5, 0.6) is 0 Å². The lowest BCUT2D eigenvalue weighted by Crippen LogP contribution is -1.97. The summed E-state index contributed by atoms with van der Waals surface area (Å²) in [6, 6.07) is 61.4. The van der Waals surface area contributed by atoms with E-state index in [0.29, 0.717) is 0 Å². The Morgan fingerprint density at radius 3 is 1.94 bits per heavy atom. The summed E-state index contributed by atoms with van der Waals surface area (Å²) in [5, 5.41) is 12.1. The van der Waals surface area contributed by atoms with Crippen molar-refractivity contribution in [3.05, 3.63) is 176 Å². The smallest absolute Gasteiger partial charge is 0.0972 e. The van der Waals surface area contributed by atoms with Crippen LogP contribution in [-0.2, 0) is 0 Å². The first-order valence-corrected chi connectivity index (χ1v) is 17.4. The molecular weight excluding hydrogens is 619 g/mol. The fourth-order valence-corrected chi connectivity index (χ4v) is 8.26. The quantitative estimate of drug-likeness (QED) is 0.179. The van der Waals surface area contributed by atoms with E-state index in [1.165, 1.54) is 70.9 Å². The Balaban J connectivity index is 1.20. The van der Waals surface area contributed by atoms with Gasteiger partial charge < -0.3 is 4.57 Å². The van der Waals surface area contributed by atoms with E-state index in [1.807, 2.05) is 12.3 Å². The highest BCUT2D eigenvalue weighted by atomic mass is 15.0. The molecule has 0 amide bonds. The summed E-state index contributed by atoms with van der Waals surface area (Å²) in [5.41, 5.74) is 9.90. The zero-order valence-electron chi connectivity index (χ0n) is 27.6. The van der Waals surface area contributed by atoms with Crippen molar-refractivity contribution in [3.63, 3.8) is 0 Å². The Bertz CT molecular complexity index is 3190. The third-order valence-electron chi connectivity index (χ3n) is 10.6. The van der Waals surface area contributed by atoms with Crippen molar-refractivity contribution >= 4 is 75.9 Å². The maximum atomic E-state index is 5.21. The summed E-state index contributed by atoms with van der Waals surface area (Å²) in [6.07, 6.45) is 1.85. The number of rotatable bonds is 3. The number of benzene rings is 8. The normalized spacial score (nSPS) is 11.9. The second-order valence-corrected chi connectivity index (χ2v) is 13.4. The predicted molar refractivity (Wildman–Crippen MR) is 215 cm³/mol. The Labute approximate surface area is 293 Å². The fourth-order valence-electron chi connectivity index (χ4n) is 8.26. The molecule has 0 spiro atoms. The van der Waals surface area contributed by atoms with Crippen LogP contribution in [0.1, 0.15) is 0 Å². The lowest BCUT2D eigenvalue weighted by atomic mass is 9.91. The van der Waals surface area contributed by atoms with Gasteiger partial charge >= 0.3 is 0 Å². The molecule has 3 nitrogen and oxygen atoms in total. The molecule has 0 atom stereocenters. The van der Waals surface area contributed by atoms with Gasteiger partial charge in [-0.15, -0.1) is 0 Å². The van der Waals surface area contributed by atoms with Crippen LogP contribution in [0, 0.1) is 0 Å². The lowest BCUT2D eigenvalue weighted by molar-refractivity contribution is 1.20. The molecule has 0 aliphatic carbocycles. The van der Waals surface area contributed by atoms with Gasteiger partial charge in [0.2, 0.25) is 0 Å². The summed E-state index contributed by atoms with van der Waals surface area (Å²) in [4.78, 5) is 9.91. The van der Waals surface area contributed by atoms with E-state index in [1.54, 1.807) is 0 Å². The average Bonchev–Trinajstić information content (AvgIpc) is 3.54. The van der Waals surface area contributed by atoms with Gasteiger partial charge in [0.05, 0.1) is 33.4 Å². The van der Waals surface area contributed by atoms with Crippen molar-refractivity contribution in [1.29, 1.82) is 0 Å². The van der Waals surface area contributed by atoms with E-state index in [9.17, 15) is 0 Å². The summed E-state index contributed by atoms with van der Waals surface area (Å²) < 4.78 is 2.47. The minimum Gasteiger partial charge on any atom is -0.309 e. The molecule has 11 aromatic rings. The average molecular weight is 648 g/mol. The zero-order chi connectivity index (χ0) is 33.5. The first kappa shape index (κ1) is 28.0. The summed E-state index contributed by atoms with van der Waals surface area (Å²) in [5.74, 6) is 0. The van der Waals surface area contributed by atoms with Crippen LogP contribution < -0.4 is 0 Å². The zero-order valence-corrected chi connectivity index (χ0v) is 27.6. The van der Waals surface area contributed by atoms with Crippen LogP contribution in [-0.4, -0.2) is 14.5 Å². The molecule has 0 saturated carbocycles. The third-order valence-corrected chi connectivity index (χ3v) is 10.6. The molecule has 0 N–H and O–H groups in total. The minimum absolute atomic E-state index is 0.929. The molecule has 3 heteroatoms. The van der Waals surface area contributed by atoms with Crippen molar-refractivity contribution in [1.82, 2.24) is 14.5 Å². The van der Waals surface area contributed by atoms with Crippen LogP contribution in [0.3, 0.4) is 0 Å². The second kappa shape index (κ2) is 10.8. The maximum absolute atomic E-state index is 5.21. The molecule has 236 valence electrons. The Hall–Kier alpha value is -6.84. The first-order valence-electron chi connectivity index (χ1n) is 17.4. The van der Waals surface area contributed by atoms with Gasteiger partial charge in [-0.25, -0.2) is 4.98 Å². The van der Waals surface area contributed by atoms with Crippen LogP contribution in [0.25, 0.3) is 104 Å². The second-order valence-electron chi connectivity index (χ2n) is 13.4. The highest BCUT2D eigenvalue weighted by Crippen LogP contribution is 2.42. The first-order chi connectivity index (χ1) is 25.3. The van der Waals surface area contributed by atoms with Gasteiger partial charge in [0.15, 0.2) is 0 Å². The molecule has 0 unspecified atom stereocenters. The number of pyridine rings is 2. The van der Waals surface area contributed by atoms with Crippen LogP contribution in [0.2, 0.25) is 0 Å². The molecule has 3 heterocycles. The molecule has 0 aliphatic rings. The van der Waals surface area contributed by atoms with Crippen LogP contribution >= 0.6 is 0 Å². The number of hydrogen-bond acceptors (Lipinski definition) is 2. The van der Waals surface area contributed by atoms with E-state index >= 15 is 0 Å². The Morgan fingerprint density at radius 1 is 0.373 bits per heavy atom. The van der Waals surface area contributed by atoms with E-state index in [2.05, 4.69) is 168 Å². The molecule has 8 aromatic carbocycles. The highest BCUT2D eigenvalue weighted by Gasteiger charge is 2.18. The van der Waals surface area contributed by atoms with Crippen molar-refractivity contribution in [2.24, 2.45) is 0 Å². The highest BCUT2D eigenvalue weighted by molar-refractivity contribution is 6.28. The molecule has 0 saturated heterocycles. The standard InChI is InChI=1S/C48H29N3/c1-2-10-30(11-3-1)33-23-26-44-41(28-33)37-14-6-7-17-43(37)51(44)45-18-8-16-39-40-29-34(21-24-36(40)35-13-4-5-15-38(35)46(39)45)42-25-22-32-20-19-31-12-9-27-49-47(31)48(32)50-42/h1-29H. The lowest BCUT2D eigenvalue weighted by Gasteiger charge is -2.17. The van der Waals surface area contributed by atoms with Crippen molar-refractivity contribution in [2.75, 3.05) is 0 Å². The van der Waals surface area contributed by atoms with Gasteiger partial charge in [-0.3, -0.25) is 4.98 Å². The molecule has 51 heavy (non-hydrogen) atoms. The summed E-state index contributed by atoms with van der Waals surface area (Å²) in [7, 11) is 0. The van der Waals surface area contributed by atoms with Gasteiger partial charge in [-0.05, 0) is 80.5 Å². The molecule has 0 fully saturated rings. The largest absolute Gasteiger partial charge is 0.309 e. The summed E-state index contributed by atoms with van der Waals surface area (Å²) >= 11 is 0. The fraction of sp³-hybridized carbons (Fsp3) is 0. The minimum atomic E-state index is 0.929. The molecule has 0 radical (unpaired) electrons. The van der Waals surface area contributed by atoms with E-state index in [4.69, 9.17) is 9.97 Å². The monoisotopic (exact) mass is 647 g/mol. The number of hydrogen-bond donors (Lipinski definition) is 0. The Kier molecular flexibility index (Phi) is 5.96. The van der Waals surface area contributed by atoms with Crippen LogP contribution in [0.4, 0.5) is 0 Å². The van der Waals surface area contributed by atoms with Crippen molar-refractivity contribution in [2.45, 2.75) is 0 Å². The van der Waals surface area contributed by atoms with E-state index in [-0.39, 0.29) is 0 Å². The Morgan fingerprint density at radius 2 is 1.04 bits per heavy atom. The van der Waals surface area contributed by atoms with Crippen molar-refractivity contribution in [3.8, 4) is 28.1 Å².